The molecule has 0 unspecified atom stereocenters. The average Bonchev–Trinajstić information content (AvgIpc) is 1.84. The molecule has 0 aromatic rings. The van der Waals surface area contributed by atoms with E-state index in [1.54, 1.807) is 0 Å². The summed E-state index contributed by atoms with van der Waals surface area (Å²) in [5, 5.41) is 0. The van der Waals surface area contributed by atoms with Gasteiger partial charge in [0, 0.05) is 0 Å². The summed E-state index contributed by atoms with van der Waals surface area (Å²) < 4.78 is 89.8. The van der Waals surface area contributed by atoms with Gasteiger partial charge in [-0.3, -0.25) is 0 Å². The molecule has 0 aromatic carbocycles. The van der Waals surface area contributed by atoms with E-state index >= 15 is 0 Å². The second-order valence-electron chi connectivity index (χ2n) is 2.10. The minimum absolute atomic E-state index is 1.87. The standard InChI is InChI=1S/C4H2F7.O.Sn/c1-2(5,6)3(7,8)4(9,10)11;;/h1H2;;. The Morgan fingerprint density at radius 2 is 1.31 bits per heavy atom. The third-order valence-corrected chi connectivity index (χ3v) is 2.79. The van der Waals surface area contributed by atoms with Crippen LogP contribution >= 0.6 is 0 Å². The summed E-state index contributed by atoms with van der Waals surface area (Å²) in [5.74, 6) is -11.4. The molecule has 0 N–H and O–H groups in total. The summed E-state index contributed by atoms with van der Waals surface area (Å²) in [4.78, 5) is 0. The van der Waals surface area contributed by atoms with Crippen molar-refractivity contribution < 1.29 is 33.8 Å². The Balaban J connectivity index is 4.91. The minimum atomic E-state index is -6.31. The van der Waals surface area contributed by atoms with Gasteiger partial charge in [0.15, 0.2) is 0 Å². The molecule has 0 atom stereocenters. The molecule has 13 heavy (non-hydrogen) atoms. The van der Waals surface area contributed by atoms with Crippen LogP contribution in [0.2, 0.25) is 4.44 Å². The number of hydrogen-bond acceptors (Lipinski definition) is 1. The molecule has 0 rings (SSSR count). The van der Waals surface area contributed by atoms with Crippen LogP contribution in [0.5, 0.6) is 0 Å². The van der Waals surface area contributed by atoms with Gasteiger partial charge in [-0.1, -0.05) is 0 Å². The van der Waals surface area contributed by atoms with Crippen LogP contribution in [-0.4, -0.2) is 39.1 Å². The Morgan fingerprint density at radius 1 is 0.923 bits per heavy atom. The van der Waals surface area contributed by atoms with Gasteiger partial charge in [0.05, 0.1) is 0 Å². The zero-order valence-corrected chi connectivity index (χ0v) is 8.62. The molecule has 77 valence electrons. The van der Waals surface area contributed by atoms with Gasteiger partial charge in [-0.25, -0.2) is 0 Å². The molecular formula is C4H2F7OSn. The number of alkyl halides is 7. The van der Waals surface area contributed by atoms with Crippen molar-refractivity contribution in [3.05, 3.63) is 0 Å². The molecule has 0 aliphatic rings. The Hall–Kier alpha value is 0.109. The van der Waals surface area contributed by atoms with Crippen molar-refractivity contribution in [2.45, 2.75) is 22.5 Å². The topological polar surface area (TPSA) is 17.1 Å². The quantitative estimate of drug-likeness (QED) is 0.576. The predicted molar refractivity (Wildman–Crippen MR) is 27.2 cm³/mol. The molecule has 0 aliphatic heterocycles. The van der Waals surface area contributed by atoms with Crippen LogP contribution in [0.25, 0.3) is 0 Å². The van der Waals surface area contributed by atoms with Crippen LogP contribution in [0.15, 0.2) is 0 Å². The van der Waals surface area contributed by atoms with Gasteiger partial charge in [0.25, 0.3) is 0 Å². The molecule has 9 heteroatoms. The summed E-state index contributed by atoms with van der Waals surface area (Å²) in [6.07, 6.45) is -6.31. The van der Waals surface area contributed by atoms with Crippen molar-refractivity contribution in [1.82, 2.24) is 0 Å². The summed E-state index contributed by atoms with van der Waals surface area (Å²) in [7, 11) is 0. The van der Waals surface area contributed by atoms with E-state index in [1.165, 1.54) is 0 Å². The summed E-state index contributed by atoms with van der Waals surface area (Å²) >= 11 is -3.06. The molecule has 0 heterocycles. The van der Waals surface area contributed by atoms with E-state index in [0.29, 0.717) is 0 Å². The molecule has 0 spiro atoms. The van der Waals surface area contributed by atoms with E-state index in [2.05, 4.69) is 0 Å². The number of halogens is 7. The van der Waals surface area contributed by atoms with E-state index in [4.69, 9.17) is 0 Å². The normalized spacial score (nSPS) is 14.4. The first kappa shape index (κ1) is 13.1. The first-order valence-electron chi connectivity index (χ1n) is 2.73. The molecule has 1 nitrogen and oxygen atoms in total. The summed E-state index contributed by atoms with van der Waals surface area (Å²) in [6, 6.07) is 0. The molecule has 0 saturated carbocycles. The molecular weight excluding hydrogens is 316 g/mol. The third-order valence-electron chi connectivity index (χ3n) is 1.11. The van der Waals surface area contributed by atoms with Crippen molar-refractivity contribution in [2.24, 2.45) is 0 Å². The third kappa shape index (κ3) is 2.53. The van der Waals surface area contributed by atoms with E-state index < -0.39 is 43.6 Å². The van der Waals surface area contributed by atoms with Gasteiger partial charge < -0.3 is 0 Å². The van der Waals surface area contributed by atoms with Crippen molar-refractivity contribution in [2.75, 3.05) is 0 Å². The number of hydrogen-bond donors (Lipinski definition) is 0. The summed E-state index contributed by atoms with van der Waals surface area (Å²) in [5.41, 5.74) is 0. The van der Waals surface area contributed by atoms with Crippen molar-refractivity contribution in [1.29, 1.82) is 0 Å². The first-order chi connectivity index (χ1) is 5.56. The molecule has 0 saturated heterocycles. The Bertz CT molecular complexity index is 197. The first-order valence-corrected chi connectivity index (χ1v) is 5.92. The van der Waals surface area contributed by atoms with Crippen LogP contribution < -0.4 is 0 Å². The maximum atomic E-state index is 12.1. The Kier molecular flexibility index (Phi) is 3.73. The monoisotopic (exact) mass is 319 g/mol. The predicted octanol–water partition coefficient (Wildman–Crippen LogP) is 2.29. The van der Waals surface area contributed by atoms with Crippen molar-refractivity contribution in [3.63, 3.8) is 0 Å². The van der Waals surface area contributed by atoms with Gasteiger partial charge in [0.2, 0.25) is 0 Å². The molecule has 1 radical (unpaired) electrons. The zero-order valence-electron chi connectivity index (χ0n) is 5.76. The maximum absolute atomic E-state index is 12.1. The van der Waals surface area contributed by atoms with Crippen LogP contribution in [-0.2, 0) is 3.08 Å². The van der Waals surface area contributed by atoms with Gasteiger partial charge in [-0.15, -0.1) is 0 Å². The van der Waals surface area contributed by atoms with E-state index in [9.17, 15) is 33.8 Å². The van der Waals surface area contributed by atoms with Crippen molar-refractivity contribution >= 4 is 21.1 Å². The fourth-order valence-corrected chi connectivity index (χ4v) is 1.56. The second kappa shape index (κ2) is 3.70. The second-order valence-corrected chi connectivity index (χ2v) is 3.93. The summed E-state index contributed by atoms with van der Waals surface area (Å²) in [6.45, 7) is 0. The Morgan fingerprint density at radius 3 is 1.54 bits per heavy atom. The van der Waals surface area contributed by atoms with Crippen LogP contribution in [0, 0.1) is 0 Å². The molecule has 0 aliphatic carbocycles. The SMILES string of the molecule is [O]=[Sn][CH2]C(F)(F)C(F)(F)C(F)(F)F. The van der Waals surface area contributed by atoms with Gasteiger partial charge >= 0.3 is 77.4 Å². The van der Waals surface area contributed by atoms with Gasteiger partial charge in [0.1, 0.15) is 0 Å². The van der Waals surface area contributed by atoms with Crippen LogP contribution in [0.4, 0.5) is 30.7 Å². The molecule has 0 bridgehead atoms. The van der Waals surface area contributed by atoms with E-state index in [-0.39, 0.29) is 0 Å². The molecule has 0 aromatic heterocycles. The number of rotatable bonds is 3. The van der Waals surface area contributed by atoms with Crippen LogP contribution in [0.3, 0.4) is 0 Å². The fraction of sp³-hybridized carbons (Fsp3) is 1.00. The van der Waals surface area contributed by atoms with Crippen molar-refractivity contribution in [3.8, 4) is 0 Å². The fourth-order valence-electron chi connectivity index (χ4n) is 0.409. The average molecular weight is 318 g/mol. The molecule has 0 fully saturated rings. The van der Waals surface area contributed by atoms with Crippen LogP contribution in [0.1, 0.15) is 0 Å². The molecule has 0 amide bonds. The van der Waals surface area contributed by atoms with Gasteiger partial charge in [-0.05, 0) is 0 Å². The zero-order chi connectivity index (χ0) is 10.9. The Labute approximate surface area is 77.9 Å². The van der Waals surface area contributed by atoms with E-state index in [1.807, 2.05) is 0 Å². The van der Waals surface area contributed by atoms with Gasteiger partial charge in [-0.2, -0.15) is 0 Å². The van der Waals surface area contributed by atoms with E-state index in [0.717, 1.165) is 0 Å².